The minimum Gasteiger partial charge on any atom is -0.445 e. The van der Waals surface area contributed by atoms with E-state index in [4.69, 9.17) is 13.9 Å². The Morgan fingerprint density at radius 2 is 1.83 bits per heavy atom. The Morgan fingerprint density at radius 3 is 2.38 bits per heavy atom. The highest BCUT2D eigenvalue weighted by molar-refractivity contribution is 6.74. The molecule has 1 aliphatic rings. The fourth-order valence-electron chi connectivity index (χ4n) is 2.80. The largest absolute Gasteiger partial charge is 0.445 e. The molecule has 0 spiro atoms. The Hall–Kier alpha value is -1.49. The molecule has 29 heavy (non-hydrogen) atoms. The maximum Gasteiger partial charge on any atom is 0.407 e. The quantitative estimate of drug-likeness (QED) is 0.511. The van der Waals surface area contributed by atoms with Crippen LogP contribution in [-0.2, 0) is 20.5 Å². The number of carbonyl (C=O) groups is 1. The molecule has 2 rings (SSSR count). The maximum absolute atomic E-state index is 12.3. The first-order valence-electron chi connectivity index (χ1n) is 9.74. The van der Waals surface area contributed by atoms with Gasteiger partial charge in [0.25, 0.3) is 0 Å². The summed E-state index contributed by atoms with van der Waals surface area (Å²) in [6, 6.07) is 8.13. The maximum atomic E-state index is 12.3. The van der Waals surface area contributed by atoms with E-state index in [1.54, 1.807) is 0 Å². The Labute approximate surface area is 172 Å². The van der Waals surface area contributed by atoms with Crippen LogP contribution < -0.4 is 5.32 Å². The van der Waals surface area contributed by atoms with E-state index in [9.17, 15) is 20.1 Å². The van der Waals surface area contributed by atoms with Crippen LogP contribution in [0.1, 0.15) is 26.3 Å². The Kier molecular flexibility index (Phi) is 7.83. The molecule has 0 aliphatic carbocycles. The fourth-order valence-corrected chi connectivity index (χ4v) is 4.12. The van der Waals surface area contributed by atoms with Crippen molar-refractivity contribution in [2.75, 3.05) is 6.61 Å². The fraction of sp³-hybridized carbons (Fsp3) is 0.650. The molecule has 1 heterocycles. The van der Waals surface area contributed by atoms with Gasteiger partial charge in [-0.05, 0) is 23.7 Å². The lowest BCUT2D eigenvalue weighted by molar-refractivity contribution is -0.250. The second-order valence-corrected chi connectivity index (χ2v) is 13.6. The van der Waals surface area contributed by atoms with Gasteiger partial charge >= 0.3 is 6.09 Å². The monoisotopic (exact) mass is 427 g/mol. The molecule has 0 unspecified atom stereocenters. The van der Waals surface area contributed by atoms with Crippen molar-refractivity contribution in [3.05, 3.63) is 35.9 Å². The smallest absolute Gasteiger partial charge is 0.407 e. The van der Waals surface area contributed by atoms with Crippen molar-refractivity contribution in [2.24, 2.45) is 0 Å². The molecule has 0 saturated carbocycles. The summed E-state index contributed by atoms with van der Waals surface area (Å²) in [5, 5.41) is 33.0. The Balaban J connectivity index is 2.13. The molecular weight excluding hydrogens is 394 g/mol. The van der Waals surface area contributed by atoms with Crippen LogP contribution in [0.3, 0.4) is 0 Å². The first-order valence-corrected chi connectivity index (χ1v) is 12.6. The van der Waals surface area contributed by atoms with Crippen molar-refractivity contribution in [2.45, 2.75) is 76.2 Å². The number of ether oxygens (including phenoxy) is 2. The zero-order valence-electron chi connectivity index (χ0n) is 17.7. The second kappa shape index (κ2) is 9.54. The summed E-state index contributed by atoms with van der Waals surface area (Å²) in [6.07, 6.45) is -5.43. The minimum absolute atomic E-state index is 0.0614. The van der Waals surface area contributed by atoms with E-state index in [0.717, 1.165) is 5.56 Å². The van der Waals surface area contributed by atoms with Crippen molar-refractivity contribution in [3.63, 3.8) is 0 Å². The lowest BCUT2D eigenvalue weighted by atomic mass is 9.97. The Morgan fingerprint density at radius 1 is 1.21 bits per heavy atom. The summed E-state index contributed by atoms with van der Waals surface area (Å²) in [6.45, 7) is 9.71. The lowest BCUT2D eigenvalue weighted by Crippen LogP contribution is -2.67. The average molecular weight is 428 g/mol. The first-order chi connectivity index (χ1) is 13.5. The first kappa shape index (κ1) is 23.8. The summed E-state index contributed by atoms with van der Waals surface area (Å²) in [7, 11) is -2.37. The highest BCUT2D eigenvalue weighted by Gasteiger charge is 2.50. The van der Waals surface area contributed by atoms with Gasteiger partial charge in [0.05, 0.1) is 12.7 Å². The van der Waals surface area contributed by atoms with E-state index in [0.29, 0.717) is 0 Å². The van der Waals surface area contributed by atoms with Crippen LogP contribution in [0.2, 0.25) is 18.1 Å². The topological polar surface area (TPSA) is 117 Å². The SMILES string of the molecule is CC(C)(C)[Si](C)(C)O[C@H]1[C@H](O)[C@@H](CO)O[C@H](O)[C@@H]1NC(=O)OCc1ccccc1. The van der Waals surface area contributed by atoms with Gasteiger partial charge < -0.3 is 34.5 Å². The summed E-state index contributed by atoms with van der Waals surface area (Å²) in [4.78, 5) is 12.3. The van der Waals surface area contributed by atoms with Crippen molar-refractivity contribution in [1.29, 1.82) is 0 Å². The Bertz CT molecular complexity index is 665. The zero-order chi connectivity index (χ0) is 21.8. The molecule has 0 radical (unpaired) electrons. The molecule has 1 aromatic rings. The predicted molar refractivity (Wildman–Crippen MR) is 110 cm³/mol. The van der Waals surface area contributed by atoms with Crippen LogP contribution in [0.25, 0.3) is 0 Å². The number of aliphatic hydroxyl groups is 3. The third kappa shape index (κ3) is 6.00. The van der Waals surface area contributed by atoms with Crippen LogP contribution in [0.15, 0.2) is 30.3 Å². The average Bonchev–Trinajstić information content (AvgIpc) is 2.65. The molecule has 4 N–H and O–H groups in total. The number of benzene rings is 1. The van der Waals surface area contributed by atoms with Gasteiger partial charge in [-0.1, -0.05) is 51.1 Å². The number of alkyl carbamates (subject to hydrolysis) is 1. The normalized spacial score (nSPS) is 28.1. The van der Waals surface area contributed by atoms with E-state index < -0.39 is 51.7 Å². The van der Waals surface area contributed by atoms with Gasteiger partial charge in [-0.25, -0.2) is 4.79 Å². The molecule has 1 amide bonds. The summed E-state index contributed by atoms with van der Waals surface area (Å²) in [5.41, 5.74) is 0.817. The number of aliphatic hydroxyl groups excluding tert-OH is 3. The highest BCUT2D eigenvalue weighted by atomic mass is 28.4. The molecule has 9 heteroatoms. The van der Waals surface area contributed by atoms with E-state index in [2.05, 4.69) is 5.32 Å². The van der Waals surface area contributed by atoms with Crippen molar-refractivity contribution >= 4 is 14.4 Å². The molecule has 1 aliphatic heterocycles. The van der Waals surface area contributed by atoms with Gasteiger partial charge in [-0.2, -0.15) is 0 Å². The van der Waals surface area contributed by atoms with Gasteiger partial charge in [0, 0.05) is 0 Å². The van der Waals surface area contributed by atoms with Crippen LogP contribution in [0.5, 0.6) is 0 Å². The van der Waals surface area contributed by atoms with Crippen LogP contribution in [-0.4, -0.2) is 67.0 Å². The second-order valence-electron chi connectivity index (χ2n) is 8.81. The van der Waals surface area contributed by atoms with E-state index in [-0.39, 0.29) is 11.6 Å². The van der Waals surface area contributed by atoms with Crippen molar-refractivity contribution < 1.29 is 34.0 Å². The summed E-state index contributed by atoms with van der Waals surface area (Å²) < 4.78 is 16.8. The third-order valence-corrected chi connectivity index (χ3v) is 10.1. The van der Waals surface area contributed by atoms with Crippen LogP contribution >= 0.6 is 0 Å². The lowest BCUT2D eigenvalue weighted by Gasteiger charge is -2.47. The number of hydrogen-bond acceptors (Lipinski definition) is 7. The van der Waals surface area contributed by atoms with Crippen molar-refractivity contribution in [3.8, 4) is 0 Å². The molecule has 5 atom stereocenters. The van der Waals surface area contributed by atoms with Gasteiger partial charge in [0.1, 0.15) is 24.9 Å². The van der Waals surface area contributed by atoms with Crippen LogP contribution in [0, 0.1) is 0 Å². The highest BCUT2D eigenvalue weighted by Crippen LogP contribution is 2.39. The predicted octanol–water partition coefficient (Wildman–Crippen LogP) is 1.74. The molecule has 1 saturated heterocycles. The van der Waals surface area contributed by atoms with Gasteiger partial charge in [-0.3, -0.25) is 0 Å². The van der Waals surface area contributed by atoms with Crippen LogP contribution in [0.4, 0.5) is 4.79 Å². The van der Waals surface area contributed by atoms with Gasteiger partial charge in [-0.15, -0.1) is 0 Å². The van der Waals surface area contributed by atoms with E-state index in [1.807, 2.05) is 64.2 Å². The molecule has 0 aromatic heterocycles. The van der Waals surface area contributed by atoms with Gasteiger partial charge in [0.15, 0.2) is 14.6 Å². The number of carbonyl (C=O) groups excluding carboxylic acids is 1. The molecule has 164 valence electrons. The standard InChI is InChI=1S/C20H33NO7Si/c1-20(2,3)29(4,5)28-17-15(18(24)27-14(11-22)16(17)23)21-19(25)26-12-13-9-7-6-8-10-13/h6-10,14-18,22-24H,11-12H2,1-5H3,(H,21,25)/t14-,15-,16-,17-,18+/m1/s1. The third-order valence-electron chi connectivity index (χ3n) is 5.61. The number of amides is 1. The molecule has 8 nitrogen and oxygen atoms in total. The number of rotatable bonds is 6. The van der Waals surface area contributed by atoms with E-state index >= 15 is 0 Å². The number of nitrogens with one attached hydrogen (secondary N) is 1. The minimum atomic E-state index is -2.37. The molecule has 1 aromatic carbocycles. The zero-order valence-corrected chi connectivity index (χ0v) is 18.7. The van der Waals surface area contributed by atoms with E-state index in [1.165, 1.54) is 0 Å². The molecular formula is C20H33NO7Si. The van der Waals surface area contributed by atoms with Gasteiger partial charge in [0.2, 0.25) is 0 Å². The summed E-state index contributed by atoms with van der Waals surface area (Å²) >= 11 is 0. The van der Waals surface area contributed by atoms with Crippen molar-refractivity contribution in [1.82, 2.24) is 5.32 Å². The number of hydrogen-bond donors (Lipinski definition) is 4. The molecule has 1 fully saturated rings. The summed E-state index contributed by atoms with van der Waals surface area (Å²) in [5.74, 6) is 0. The molecule has 0 bridgehead atoms.